The van der Waals surface area contributed by atoms with Crippen LogP contribution in [0.3, 0.4) is 0 Å². The van der Waals surface area contributed by atoms with Gasteiger partial charge in [0.05, 0.1) is 23.4 Å². The molecular formula is C34H35BrN4O3. The van der Waals surface area contributed by atoms with Crippen molar-refractivity contribution in [1.29, 1.82) is 0 Å². The SMILES string of the molecule is Cn1cnc2cc(COc3ccc(Br)c4c3[C@@H](CN3Cc5ccccc5C3=O)N(C(=O)C3CCCCC3)CC4)ccc21. The lowest BCUT2D eigenvalue weighted by atomic mass is 9.85. The fourth-order valence-electron chi connectivity index (χ4n) is 7.05. The van der Waals surface area contributed by atoms with Crippen LogP contribution in [0.25, 0.3) is 11.0 Å². The molecule has 0 unspecified atom stereocenters. The predicted molar refractivity (Wildman–Crippen MR) is 165 cm³/mol. The van der Waals surface area contributed by atoms with Gasteiger partial charge in [-0.15, -0.1) is 0 Å². The minimum Gasteiger partial charge on any atom is -0.489 e. The van der Waals surface area contributed by atoms with Crippen molar-refractivity contribution in [2.75, 3.05) is 13.1 Å². The molecule has 3 aromatic carbocycles. The summed E-state index contributed by atoms with van der Waals surface area (Å²) in [4.78, 5) is 36.1. The van der Waals surface area contributed by atoms with Crippen molar-refractivity contribution in [3.05, 3.63) is 93.2 Å². The number of rotatable bonds is 6. The van der Waals surface area contributed by atoms with E-state index in [0.29, 0.717) is 26.2 Å². The van der Waals surface area contributed by atoms with Gasteiger partial charge in [-0.2, -0.15) is 0 Å². The first-order chi connectivity index (χ1) is 20.5. The van der Waals surface area contributed by atoms with Gasteiger partial charge in [0.25, 0.3) is 5.91 Å². The molecule has 0 radical (unpaired) electrons. The third kappa shape index (κ3) is 4.89. The first-order valence-electron chi connectivity index (χ1n) is 15.0. The molecule has 3 aliphatic rings. The zero-order chi connectivity index (χ0) is 28.8. The number of amides is 2. The van der Waals surface area contributed by atoms with Crippen LogP contribution in [0.1, 0.15) is 70.8 Å². The van der Waals surface area contributed by atoms with Crippen LogP contribution in [0.2, 0.25) is 0 Å². The van der Waals surface area contributed by atoms with Crippen molar-refractivity contribution in [3.8, 4) is 5.75 Å². The first-order valence-corrected chi connectivity index (χ1v) is 15.8. The highest BCUT2D eigenvalue weighted by atomic mass is 79.9. The van der Waals surface area contributed by atoms with E-state index in [0.717, 1.165) is 81.2 Å². The number of halogens is 1. The van der Waals surface area contributed by atoms with E-state index in [1.807, 2.05) is 59.2 Å². The molecule has 1 aromatic heterocycles. The maximum atomic E-state index is 14.1. The van der Waals surface area contributed by atoms with Crippen molar-refractivity contribution in [3.63, 3.8) is 0 Å². The van der Waals surface area contributed by atoms with Gasteiger partial charge in [0.15, 0.2) is 0 Å². The number of ether oxygens (including phenoxy) is 1. The molecule has 2 amide bonds. The van der Waals surface area contributed by atoms with Gasteiger partial charge in [-0.3, -0.25) is 9.59 Å². The Morgan fingerprint density at radius 2 is 1.90 bits per heavy atom. The molecule has 0 saturated heterocycles. The maximum Gasteiger partial charge on any atom is 0.254 e. The van der Waals surface area contributed by atoms with Crippen LogP contribution in [0.5, 0.6) is 5.75 Å². The van der Waals surface area contributed by atoms with Crippen molar-refractivity contribution >= 4 is 38.8 Å². The molecule has 1 atom stereocenters. The van der Waals surface area contributed by atoms with Crippen molar-refractivity contribution in [1.82, 2.24) is 19.4 Å². The third-order valence-corrected chi connectivity index (χ3v) is 10.0. The maximum absolute atomic E-state index is 14.1. The first kappa shape index (κ1) is 27.2. The molecule has 0 spiro atoms. The Kier molecular flexibility index (Phi) is 7.26. The van der Waals surface area contributed by atoms with Crippen molar-refractivity contribution in [2.45, 2.75) is 57.7 Å². The number of hydrogen-bond donors (Lipinski definition) is 0. The number of aromatic nitrogens is 2. The van der Waals surface area contributed by atoms with E-state index >= 15 is 0 Å². The van der Waals surface area contributed by atoms with E-state index in [1.54, 1.807) is 0 Å². The van der Waals surface area contributed by atoms with E-state index in [9.17, 15) is 9.59 Å². The average Bonchev–Trinajstić information content (AvgIpc) is 3.55. The van der Waals surface area contributed by atoms with Crippen LogP contribution in [-0.2, 0) is 31.4 Å². The van der Waals surface area contributed by atoms with Gasteiger partial charge in [-0.25, -0.2) is 4.98 Å². The summed E-state index contributed by atoms with van der Waals surface area (Å²) in [7, 11) is 1.99. The monoisotopic (exact) mass is 626 g/mol. The van der Waals surface area contributed by atoms with E-state index < -0.39 is 0 Å². The molecule has 7 nitrogen and oxygen atoms in total. The van der Waals surface area contributed by atoms with Crippen LogP contribution in [0.15, 0.2) is 65.4 Å². The lowest BCUT2D eigenvalue weighted by Gasteiger charge is -2.42. The molecule has 2 aliphatic heterocycles. The molecule has 1 saturated carbocycles. The van der Waals surface area contributed by atoms with Gasteiger partial charge >= 0.3 is 0 Å². The Morgan fingerprint density at radius 1 is 1.07 bits per heavy atom. The second-order valence-corrected chi connectivity index (χ2v) is 12.7. The predicted octanol–water partition coefficient (Wildman–Crippen LogP) is 6.58. The fraction of sp³-hybridized carbons (Fsp3) is 0.382. The number of nitrogens with zero attached hydrogens (tertiary/aromatic N) is 4. The number of fused-ring (bicyclic) bond motifs is 3. The molecule has 1 aliphatic carbocycles. The van der Waals surface area contributed by atoms with Crippen LogP contribution < -0.4 is 4.74 Å². The number of aryl methyl sites for hydroxylation is 1. The van der Waals surface area contributed by atoms with Gasteiger partial charge in [0.2, 0.25) is 5.91 Å². The van der Waals surface area contributed by atoms with Crippen LogP contribution in [0, 0.1) is 5.92 Å². The largest absolute Gasteiger partial charge is 0.489 e. The van der Waals surface area contributed by atoms with Gasteiger partial charge < -0.3 is 19.1 Å². The van der Waals surface area contributed by atoms with Crippen LogP contribution in [0.4, 0.5) is 0 Å². The highest BCUT2D eigenvalue weighted by molar-refractivity contribution is 9.10. The number of carbonyl (C=O) groups is 2. The zero-order valence-corrected chi connectivity index (χ0v) is 25.5. The molecular weight excluding hydrogens is 592 g/mol. The minimum atomic E-state index is -0.285. The number of carbonyl (C=O) groups excluding carboxylic acids is 2. The minimum absolute atomic E-state index is 0.0314. The summed E-state index contributed by atoms with van der Waals surface area (Å²) >= 11 is 3.80. The summed E-state index contributed by atoms with van der Waals surface area (Å²) in [5, 5.41) is 0. The van der Waals surface area contributed by atoms with Crippen LogP contribution >= 0.6 is 15.9 Å². The molecule has 0 bridgehead atoms. The van der Waals surface area contributed by atoms with Crippen molar-refractivity contribution in [2.24, 2.45) is 13.0 Å². The van der Waals surface area contributed by atoms with E-state index in [1.165, 1.54) is 6.42 Å². The summed E-state index contributed by atoms with van der Waals surface area (Å²) in [6.45, 7) is 2.02. The molecule has 216 valence electrons. The molecule has 7 rings (SSSR count). The normalized spacial score (nSPS) is 18.8. The summed E-state index contributed by atoms with van der Waals surface area (Å²) < 4.78 is 9.59. The standard InChI is InChI=1S/C34H35BrN4O3/c1-37-21-36-28-17-22(11-13-29(28)37)20-42-31-14-12-27(35)26-15-16-39(33(40)23-7-3-2-4-8-23)30(32(26)31)19-38-18-24-9-5-6-10-25(24)34(38)41/h5-6,9-14,17,21,23,30H,2-4,7-8,15-16,18-20H2,1H3/t30-/m1/s1. The number of imidazole rings is 1. The molecule has 42 heavy (non-hydrogen) atoms. The fourth-order valence-corrected chi connectivity index (χ4v) is 7.59. The second kappa shape index (κ2) is 11.2. The Balaban J connectivity index is 1.23. The Morgan fingerprint density at radius 3 is 2.74 bits per heavy atom. The number of benzene rings is 3. The summed E-state index contributed by atoms with van der Waals surface area (Å²) in [6, 6.07) is 17.8. The van der Waals surface area contributed by atoms with Gasteiger partial charge in [0, 0.05) is 48.2 Å². The molecule has 1 fully saturated rings. The Bertz CT molecular complexity index is 1670. The highest BCUT2D eigenvalue weighted by Crippen LogP contribution is 2.43. The smallest absolute Gasteiger partial charge is 0.254 e. The lowest BCUT2D eigenvalue weighted by molar-refractivity contribution is -0.140. The van der Waals surface area contributed by atoms with Crippen molar-refractivity contribution < 1.29 is 14.3 Å². The van der Waals surface area contributed by atoms with Gasteiger partial charge in [0.1, 0.15) is 12.4 Å². The average molecular weight is 628 g/mol. The summed E-state index contributed by atoms with van der Waals surface area (Å²) in [5.74, 6) is 1.07. The number of hydrogen-bond acceptors (Lipinski definition) is 4. The Labute approximate surface area is 254 Å². The van der Waals surface area contributed by atoms with E-state index in [4.69, 9.17) is 4.74 Å². The molecule has 3 heterocycles. The highest BCUT2D eigenvalue weighted by Gasteiger charge is 2.40. The van der Waals surface area contributed by atoms with Crippen LogP contribution in [-0.4, -0.2) is 44.3 Å². The summed E-state index contributed by atoms with van der Waals surface area (Å²) in [5.41, 5.74) is 7.02. The van der Waals surface area contributed by atoms with Gasteiger partial charge in [-0.1, -0.05) is 59.5 Å². The van der Waals surface area contributed by atoms with E-state index in [2.05, 4.69) is 44.0 Å². The Hall–Kier alpha value is -3.65. The molecule has 8 heteroatoms. The van der Waals surface area contributed by atoms with E-state index in [-0.39, 0.29) is 23.8 Å². The lowest BCUT2D eigenvalue weighted by Crippen LogP contribution is -2.48. The topological polar surface area (TPSA) is 67.7 Å². The third-order valence-electron chi connectivity index (χ3n) is 9.28. The second-order valence-electron chi connectivity index (χ2n) is 11.9. The van der Waals surface area contributed by atoms with Gasteiger partial charge in [-0.05, 0) is 66.3 Å². The zero-order valence-electron chi connectivity index (χ0n) is 23.9. The molecule has 0 N–H and O–H groups in total. The molecule has 4 aromatic rings. The quantitative estimate of drug-likeness (QED) is 0.243. The summed E-state index contributed by atoms with van der Waals surface area (Å²) in [6.07, 6.45) is 7.86.